The van der Waals surface area contributed by atoms with Gasteiger partial charge in [0.15, 0.2) is 5.13 Å². The Labute approximate surface area is 111 Å². The lowest BCUT2D eigenvalue weighted by molar-refractivity contribution is 0.102. The van der Waals surface area contributed by atoms with Gasteiger partial charge in [-0.05, 0) is 24.6 Å². The number of benzene rings is 1. The molecule has 2 rings (SSSR count). The third kappa shape index (κ3) is 2.83. The SMILES string of the molecule is Cc1ccc(NC(=O)c2csc(N)n2)cc1Br. The van der Waals surface area contributed by atoms with Crippen LogP contribution in [0, 0.1) is 6.92 Å². The molecule has 1 aromatic heterocycles. The lowest BCUT2D eigenvalue weighted by Crippen LogP contribution is -2.12. The van der Waals surface area contributed by atoms with Gasteiger partial charge in [-0.2, -0.15) is 0 Å². The van der Waals surface area contributed by atoms with E-state index in [1.807, 2.05) is 25.1 Å². The van der Waals surface area contributed by atoms with Crippen molar-refractivity contribution in [2.24, 2.45) is 0 Å². The molecule has 0 saturated heterocycles. The second-order valence-electron chi connectivity index (χ2n) is 3.49. The summed E-state index contributed by atoms with van der Waals surface area (Å²) in [5, 5.41) is 4.78. The largest absolute Gasteiger partial charge is 0.375 e. The molecule has 0 spiro atoms. The van der Waals surface area contributed by atoms with Crippen LogP contribution < -0.4 is 11.1 Å². The molecule has 0 unspecified atom stereocenters. The molecule has 0 aliphatic rings. The van der Waals surface area contributed by atoms with Gasteiger partial charge in [-0.25, -0.2) is 4.98 Å². The van der Waals surface area contributed by atoms with Crippen LogP contribution in [0.4, 0.5) is 10.8 Å². The molecule has 17 heavy (non-hydrogen) atoms. The number of thiazole rings is 1. The number of aromatic nitrogens is 1. The van der Waals surface area contributed by atoms with Crippen molar-refractivity contribution in [1.82, 2.24) is 4.98 Å². The standard InChI is InChI=1S/C11H10BrN3OS/c1-6-2-3-7(4-8(6)12)14-10(16)9-5-17-11(13)15-9/h2-5H,1H3,(H2,13,15)(H,14,16). The Morgan fingerprint density at radius 2 is 2.29 bits per heavy atom. The topological polar surface area (TPSA) is 68.0 Å². The van der Waals surface area contributed by atoms with Gasteiger partial charge in [0.1, 0.15) is 5.69 Å². The van der Waals surface area contributed by atoms with Crippen LogP contribution in [-0.4, -0.2) is 10.9 Å². The Kier molecular flexibility index (Phi) is 3.44. The van der Waals surface area contributed by atoms with Crippen LogP contribution in [0.15, 0.2) is 28.1 Å². The predicted octanol–water partition coefficient (Wildman–Crippen LogP) is 3.05. The number of hydrogen-bond donors (Lipinski definition) is 2. The van der Waals surface area contributed by atoms with Crippen molar-refractivity contribution in [1.29, 1.82) is 0 Å². The lowest BCUT2D eigenvalue weighted by Gasteiger charge is -2.05. The van der Waals surface area contributed by atoms with Crippen LogP contribution in [0.1, 0.15) is 16.1 Å². The van der Waals surface area contributed by atoms with E-state index in [1.165, 1.54) is 11.3 Å². The zero-order valence-electron chi connectivity index (χ0n) is 9.03. The lowest BCUT2D eigenvalue weighted by atomic mass is 10.2. The minimum absolute atomic E-state index is 0.256. The Morgan fingerprint density at radius 3 is 2.88 bits per heavy atom. The van der Waals surface area contributed by atoms with E-state index in [9.17, 15) is 4.79 Å². The fourth-order valence-electron chi connectivity index (χ4n) is 1.26. The third-order valence-corrected chi connectivity index (χ3v) is 3.71. The summed E-state index contributed by atoms with van der Waals surface area (Å²) in [6.45, 7) is 1.98. The molecular formula is C11H10BrN3OS. The molecule has 6 heteroatoms. The number of hydrogen-bond acceptors (Lipinski definition) is 4. The molecule has 0 radical (unpaired) electrons. The smallest absolute Gasteiger partial charge is 0.275 e. The van der Waals surface area contributed by atoms with E-state index in [0.717, 1.165) is 15.7 Å². The highest BCUT2D eigenvalue weighted by Gasteiger charge is 2.10. The van der Waals surface area contributed by atoms with Crippen molar-refractivity contribution < 1.29 is 4.79 Å². The number of nitrogens with one attached hydrogen (secondary N) is 1. The van der Waals surface area contributed by atoms with Gasteiger partial charge in [0.2, 0.25) is 0 Å². The second-order valence-corrected chi connectivity index (χ2v) is 5.23. The quantitative estimate of drug-likeness (QED) is 0.895. The van der Waals surface area contributed by atoms with E-state index in [2.05, 4.69) is 26.2 Å². The fraction of sp³-hybridized carbons (Fsp3) is 0.0909. The van der Waals surface area contributed by atoms with Crippen molar-refractivity contribution >= 4 is 44.0 Å². The Balaban J connectivity index is 2.15. The molecule has 2 aromatic rings. The molecule has 4 nitrogen and oxygen atoms in total. The summed E-state index contributed by atoms with van der Waals surface area (Å²) in [7, 11) is 0. The molecule has 0 fully saturated rings. The first-order chi connectivity index (χ1) is 8.06. The molecule has 0 saturated carbocycles. The number of aryl methyl sites for hydroxylation is 1. The minimum atomic E-state index is -0.256. The van der Waals surface area contributed by atoms with Gasteiger partial charge in [-0.1, -0.05) is 22.0 Å². The fourth-order valence-corrected chi connectivity index (χ4v) is 2.18. The van der Waals surface area contributed by atoms with Gasteiger partial charge >= 0.3 is 0 Å². The molecule has 0 bridgehead atoms. The average Bonchev–Trinajstić information content (AvgIpc) is 2.70. The third-order valence-electron chi connectivity index (χ3n) is 2.18. The van der Waals surface area contributed by atoms with Crippen molar-refractivity contribution in [2.45, 2.75) is 6.92 Å². The summed E-state index contributed by atoms with van der Waals surface area (Å²) in [5.41, 5.74) is 7.64. The van der Waals surface area contributed by atoms with Crippen LogP contribution >= 0.6 is 27.3 Å². The van der Waals surface area contributed by atoms with Crippen LogP contribution in [0.2, 0.25) is 0 Å². The number of amides is 1. The molecule has 3 N–H and O–H groups in total. The Bertz CT molecular complexity index is 568. The maximum Gasteiger partial charge on any atom is 0.275 e. The highest BCUT2D eigenvalue weighted by molar-refractivity contribution is 9.10. The summed E-state index contributed by atoms with van der Waals surface area (Å²) < 4.78 is 0.952. The number of rotatable bonds is 2. The highest BCUT2D eigenvalue weighted by Crippen LogP contribution is 2.21. The van der Waals surface area contributed by atoms with Crippen LogP contribution in [0.5, 0.6) is 0 Å². The van der Waals surface area contributed by atoms with Gasteiger partial charge in [0.25, 0.3) is 5.91 Å². The van der Waals surface area contributed by atoms with Gasteiger partial charge in [0.05, 0.1) is 0 Å². The van der Waals surface area contributed by atoms with Crippen molar-refractivity contribution in [3.63, 3.8) is 0 Å². The Hall–Kier alpha value is -1.40. The number of anilines is 2. The van der Waals surface area contributed by atoms with Gasteiger partial charge in [-0.15, -0.1) is 11.3 Å². The molecule has 1 heterocycles. The summed E-state index contributed by atoms with van der Waals surface area (Å²) in [5.74, 6) is -0.256. The van der Waals surface area contributed by atoms with Crippen LogP contribution in [-0.2, 0) is 0 Å². The highest BCUT2D eigenvalue weighted by atomic mass is 79.9. The predicted molar refractivity (Wildman–Crippen MR) is 73.4 cm³/mol. The normalized spacial score (nSPS) is 10.2. The summed E-state index contributed by atoms with van der Waals surface area (Å²) >= 11 is 4.66. The molecular weight excluding hydrogens is 302 g/mol. The summed E-state index contributed by atoms with van der Waals surface area (Å²) in [6, 6.07) is 5.62. The van der Waals surface area contributed by atoms with Gasteiger partial charge < -0.3 is 11.1 Å². The maximum absolute atomic E-state index is 11.8. The van der Waals surface area contributed by atoms with E-state index in [4.69, 9.17) is 5.73 Å². The first kappa shape index (κ1) is 12.1. The van der Waals surface area contributed by atoms with E-state index < -0.39 is 0 Å². The molecule has 88 valence electrons. The number of nitrogens with two attached hydrogens (primary N) is 1. The number of carbonyl (C=O) groups is 1. The van der Waals surface area contributed by atoms with Gasteiger partial charge in [-0.3, -0.25) is 4.79 Å². The average molecular weight is 312 g/mol. The summed E-state index contributed by atoms with van der Waals surface area (Å²) in [4.78, 5) is 15.7. The molecule has 0 aliphatic carbocycles. The number of nitrogens with zero attached hydrogens (tertiary/aromatic N) is 1. The Morgan fingerprint density at radius 1 is 1.53 bits per heavy atom. The van der Waals surface area contributed by atoms with E-state index in [-0.39, 0.29) is 5.91 Å². The second kappa shape index (κ2) is 4.85. The summed E-state index contributed by atoms with van der Waals surface area (Å²) in [6.07, 6.45) is 0. The first-order valence-electron chi connectivity index (χ1n) is 4.85. The van der Waals surface area contributed by atoms with Gasteiger partial charge in [0, 0.05) is 15.5 Å². The van der Waals surface area contributed by atoms with Crippen LogP contribution in [0.3, 0.4) is 0 Å². The first-order valence-corrected chi connectivity index (χ1v) is 6.52. The molecule has 1 aromatic carbocycles. The monoisotopic (exact) mass is 311 g/mol. The number of nitrogen functional groups attached to an aromatic ring is 1. The van der Waals surface area contributed by atoms with E-state index in [1.54, 1.807) is 5.38 Å². The molecule has 0 aliphatic heterocycles. The molecule has 1 amide bonds. The van der Waals surface area contributed by atoms with Crippen molar-refractivity contribution in [3.8, 4) is 0 Å². The zero-order chi connectivity index (χ0) is 12.4. The number of carbonyl (C=O) groups excluding carboxylic acids is 1. The number of halogens is 1. The van der Waals surface area contributed by atoms with Crippen molar-refractivity contribution in [2.75, 3.05) is 11.1 Å². The van der Waals surface area contributed by atoms with E-state index >= 15 is 0 Å². The van der Waals surface area contributed by atoms with Crippen molar-refractivity contribution in [3.05, 3.63) is 39.3 Å². The zero-order valence-corrected chi connectivity index (χ0v) is 11.4. The van der Waals surface area contributed by atoms with E-state index in [0.29, 0.717) is 10.8 Å². The van der Waals surface area contributed by atoms with Crippen LogP contribution in [0.25, 0.3) is 0 Å². The maximum atomic E-state index is 11.8. The molecule has 0 atom stereocenters. The minimum Gasteiger partial charge on any atom is -0.375 e.